The van der Waals surface area contributed by atoms with Gasteiger partial charge in [0, 0.05) is 23.9 Å². The average Bonchev–Trinajstić information content (AvgIpc) is 2.99. The summed E-state index contributed by atoms with van der Waals surface area (Å²) < 4.78 is 32.7. The second-order valence-electron chi connectivity index (χ2n) is 6.04. The summed E-state index contributed by atoms with van der Waals surface area (Å²) in [6.07, 6.45) is 0.318. The first-order chi connectivity index (χ1) is 12.3. The normalized spacial score (nSPS) is 16.4. The monoisotopic (exact) mass is 395 g/mol. The first kappa shape index (κ1) is 18.5. The number of hydrogen-bond acceptors (Lipinski definition) is 4. The van der Waals surface area contributed by atoms with Crippen molar-refractivity contribution in [1.29, 1.82) is 0 Å². The summed E-state index contributed by atoms with van der Waals surface area (Å²) >= 11 is 5.85. The van der Waals surface area contributed by atoms with Gasteiger partial charge in [-0.1, -0.05) is 11.6 Å². The van der Waals surface area contributed by atoms with Gasteiger partial charge in [-0.15, -0.1) is 0 Å². The maximum absolute atomic E-state index is 13.1. The van der Waals surface area contributed by atoms with Crippen molar-refractivity contribution >= 4 is 33.3 Å². The Balaban J connectivity index is 2.01. The zero-order chi connectivity index (χ0) is 18.9. The van der Waals surface area contributed by atoms with Crippen LogP contribution in [0.3, 0.4) is 0 Å². The number of anilines is 1. The van der Waals surface area contributed by atoms with Crippen LogP contribution < -0.4 is 9.04 Å². The van der Waals surface area contributed by atoms with Gasteiger partial charge in [0.25, 0.3) is 10.0 Å². The molecule has 0 fully saturated rings. The number of benzene rings is 2. The number of fused-ring (bicyclic) bond motifs is 1. The Morgan fingerprint density at radius 2 is 1.96 bits per heavy atom. The fourth-order valence-corrected chi connectivity index (χ4v) is 4.78. The van der Waals surface area contributed by atoms with Crippen LogP contribution in [0.25, 0.3) is 0 Å². The summed E-state index contributed by atoms with van der Waals surface area (Å²) in [5.74, 6) is -0.512. The van der Waals surface area contributed by atoms with Crippen LogP contribution in [-0.2, 0) is 14.8 Å². The molecule has 0 saturated carbocycles. The first-order valence-corrected chi connectivity index (χ1v) is 9.83. The van der Waals surface area contributed by atoms with Crippen molar-refractivity contribution in [3.8, 4) is 5.75 Å². The van der Waals surface area contributed by atoms with Gasteiger partial charge in [-0.2, -0.15) is 0 Å². The van der Waals surface area contributed by atoms with Crippen LogP contribution in [0.1, 0.15) is 24.3 Å². The Morgan fingerprint density at radius 3 is 2.58 bits per heavy atom. The van der Waals surface area contributed by atoms with E-state index in [0.29, 0.717) is 22.9 Å². The third-order valence-electron chi connectivity index (χ3n) is 4.44. The predicted molar refractivity (Wildman–Crippen MR) is 98.6 cm³/mol. The smallest absolute Gasteiger partial charge is 0.303 e. The molecule has 0 aliphatic carbocycles. The molecule has 26 heavy (non-hydrogen) atoms. The maximum Gasteiger partial charge on any atom is 0.303 e. The van der Waals surface area contributed by atoms with E-state index < -0.39 is 16.0 Å². The number of ether oxygens (including phenoxy) is 1. The van der Waals surface area contributed by atoms with Crippen molar-refractivity contribution in [3.63, 3.8) is 0 Å². The van der Waals surface area contributed by atoms with E-state index in [0.717, 1.165) is 5.56 Å². The first-order valence-electron chi connectivity index (χ1n) is 8.01. The molecular weight excluding hydrogens is 378 g/mol. The van der Waals surface area contributed by atoms with Crippen LogP contribution >= 0.6 is 11.6 Å². The van der Waals surface area contributed by atoms with Crippen molar-refractivity contribution in [3.05, 3.63) is 53.1 Å². The van der Waals surface area contributed by atoms with Crippen LogP contribution in [0.2, 0.25) is 5.02 Å². The molecule has 2 aromatic rings. The van der Waals surface area contributed by atoms with Crippen molar-refractivity contribution in [2.45, 2.75) is 23.7 Å². The quantitative estimate of drug-likeness (QED) is 0.809. The second kappa shape index (κ2) is 7.17. The molecule has 138 valence electrons. The molecule has 0 amide bonds. The molecule has 1 unspecified atom stereocenters. The molecule has 0 radical (unpaired) electrons. The number of hydrogen-bond donors (Lipinski definition) is 1. The Labute approximate surface area is 157 Å². The highest BCUT2D eigenvalue weighted by atomic mass is 35.5. The van der Waals surface area contributed by atoms with E-state index in [-0.39, 0.29) is 23.8 Å². The summed E-state index contributed by atoms with van der Waals surface area (Å²) in [5.41, 5.74) is 1.33. The Morgan fingerprint density at radius 1 is 1.27 bits per heavy atom. The number of nitrogens with zero attached hydrogens (tertiary/aromatic N) is 1. The van der Waals surface area contributed by atoms with Crippen molar-refractivity contribution < 1.29 is 23.1 Å². The van der Waals surface area contributed by atoms with Gasteiger partial charge >= 0.3 is 5.97 Å². The van der Waals surface area contributed by atoms with Crippen molar-refractivity contribution in [1.82, 2.24) is 0 Å². The molecule has 1 aliphatic heterocycles. The third-order valence-corrected chi connectivity index (χ3v) is 6.48. The van der Waals surface area contributed by atoms with Crippen LogP contribution in [0, 0.1) is 0 Å². The van der Waals surface area contributed by atoms with E-state index in [9.17, 15) is 13.2 Å². The number of methoxy groups -OCH3 is 1. The van der Waals surface area contributed by atoms with E-state index in [1.807, 2.05) is 0 Å². The van der Waals surface area contributed by atoms with Crippen LogP contribution in [-0.4, -0.2) is 33.1 Å². The lowest BCUT2D eigenvalue weighted by molar-refractivity contribution is -0.137. The van der Waals surface area contributed by atoms with Gasteiger partial charge in [-0.25, -0.2) is 8.42 Å². The molecule has 1 heterocycles. The van der Waals surface area contributed by atoms with Gasteiger partial charge in [0.15, 0.2) is 0 Å². The zero-order valence-corrected chi connectivity index (χ0v) is 15.6. The van der Waals surface area contributed by atoms with Gasteiger partial charge in [0.1, 0.15) is 5.75 Å². The average molecular weight is 396 g/mol. The molecule has 0 spiro atoms. The van der Waals surface area contributed by atoms with Crippen molar-refractivity contribution in [2.75, 3.05) is 18.0 Å². The highest BCUT2D eigenvalue weighted by molar-refractivity contribution is 7.92. The molecule has 0 saturated heterocycles. The van der Waals surface area contributed by atoms with Crippen LogP contribution in [0.15, 0.2) is 47.4 Å². The number of carboxylic acids is 1. The number of carbonyl (C=O) groups is 1. The molecule has 2 aromatic carbocycles. The molecule has 0 aromatic heterocycles. The largest absolute Gasteiger partial charge is 0.497 e. The predicted octanol–water partition coefficient (Wildman–Crippen LogP) is 3.51. The molecule has 3 rings (SSSR count). The Hall–Kier alpha value is -2.25. The van der Waals surface area contributed by atoms with Crippen LogP contribution in [0.4, 0.5) is 5.69 Å². The lowest BCUT2D eigenvalue weighted by atomic mass is 9.96. The summed E-state index contributed by atoms with van der Waals surface area (Å²) in [5, 5.41) is 9.44. The molecular formula is C18H18ClNO5S. The zero-order valence-electron chi connectivity index (χ0n) is 14.1. The van der Waals surface area contributed by atoms with Gasteiger partial charge < -0.3 is 9.84 Å². The van der Waals surface area contributed by atoms with E-state index in [1.54, 1.807) is 18.2 Å². The van der Waals surface area contributed by atoms with Gasteiger partial charge in [-0.3, -0.25) is 9.10 Å². The van der Waals surface area contributed by atoms with Crippen LogP contribution in [0.5, 0.6) is 5.75 Å². The maximum atomic E-state index is 13.1. The second-order valence-corrected chi connectivity index (χ2v) is 8.34. The lowest BCUT2D eigenvalue weighted by Gasteiger charge is -2.20. The fourth-order valence-electron chi connectivity index (χ4n) is 3.12. The minimum atomic E-state index is -3.77. The van der Waals surface area contributed by atoms with Gasteiger partial charge in [-0.05, 0) is 54.4 Å². The molecule has 6 nitrogen and oxygen atoms in total. The lowest BCUT2D eigenvalue weighted by Crippen LogP contribution is -2.30. The molecule has 8 heteroatoms. The highest BCUT2D eigenvalue weighted by Crippen LogP contribution is 2.43. The summed E-state index contributed by atoms with van der Waals surface area (Å²) in [7, 11) is -2.24. The number of sulfonamides is 1. The number of carboxylic acid groups (broad SMARTS) is 1. The third kappa shape index (κ3) is 3.50. The summed E-state index contributed by atoms with van der Waals surface area (Å²) in [6.45, 7) is 0.195. The minimum Gasteiger partial charge on any atom is -0.497 e. The molecule has 1 N–H and O–H groups in total. The Bertz CT molecular complexity index is 927. The molecule has 1 aliphatic rings. The standard InChI is InChI=1S/C18H18ClNO5S/c1-25-14-5-8-17-16(10-14)12(2-9-18(21)22)11-20(17)26(23,24)15-6-3-13(19)4-7-15/h3-8,10,12H,2,9,11H2,1H3,(H,21,22). The summed E-state index contributed by atoms with van der Waals surface area (Å²) in [4.78, 5) is 11.1. The molecule has 0 bridgehead atoms. The Kier molecular flexibility index (Phi) is 5.11. The number of halogens is 1. The van der Waals surface area contributed by atoms with E-state index in [4.69, 9.17) is 21.4 Å². The van der Waals surface area contributed by atoms with E-state index in [2.05, 4.69) is 0 Å². The SMILES string of the molecule is COc1ccc2c(c1)C(CCC(=O)O)CN2S(=O)(=O)c1ccc(Cl)cc1. The van der Waals surface area contributed by atoms with Gasteiger partial charge in [0.05, 0.1) is 17.7 Å². The minimum absolute atomic E-state index is 0.0316. The van der Waals surface area contributed by atoms with E-state index >= 15 is 0 Å². The topological polar surface area (TPSA) is 83.9 Å². The fraction of sp³-hybridized carbons (Fsp3) is 0.278. The highest BCUT2D eigenvalue weighted by Gasteiger charge is 2.36. The van der Waals surface area contributed by atoms with Gasteiger partial charge in [0.2, 0.25) is 0 Å². The summed E-state index contributed by atoms with van der Waals surface area (Å²) in [6, 6.07) is 11.2. The van der Waals surface area contributed by atoms with E-state index in [1.165, 1.54) is 35.7 Å². The molecule has 1 atom stereocenters. The number of rotatable bonds is 6. The van der Waals surface area contributed by atoms with Crippen molar-refractivity contribution in [2.24, 2.45) is 0 Å². The number of aliphatic carboxylic acids is 1.